The van der Waals surface area contributed by atoms with Gasteiger partial charge in [0.15, 0.2) is 0 Å². The Bertz CT molecular complexity index is 2590. The van der Waals surface area contributed by atoms with Gasteiger partial charge in [-0.05, 0) is 124 Å². The van der Waals surface area contributed by atoms with Gasteiger partial charge in [0.25, 0.3) is 11.1 Å². The predicted octanol–water partition coefficient (Wildman–Crippen LogP) is 12.8. The molecule has 2 fully saturated rings. The van der Waals surface area contributed by atoms with Crippen LogP contribution in [0.5, 0.6) is 0 Å². The molecule has 2 bridgehead atoms. The molecule has 2 atom stereocenters. The zero-order valence-corrected chi connectivity index (χ0v) is 33.6. The standard InChI is InChI=1S/C54H50N2O2/c1-39(41-17-5-3-6-18-41)55-51-27-15-13-25-47(51)33-31-45-23-11-9-21-43(45)29-30-44-22-10-12-24-46(44)32-34-48-26-14-16-28-52(48)56(40(2)42-19-7-4-8-20-42)54(58)50-37-35-49(36-38-50)53(55)57/h9-16,21-28,35-42H,3-8,17-20H2,1-2H3/t39-,40-/m1/s1. The van der Waals surface area contributed by atoms with E-state index in [1.807, 2.05) is 130 Å². The van der Waals surface area contributed by atoms with E-state index in [2.05, 4.69) is 50.2 Å². The van der Waals surface area contributed by atoms with Gasteiger partial charge in [-0.1, -0.05) is 123 Å². The molecule has 5 aromatic carbocycles. The highest BCUT2D eigenvalue weighted by molar-refractivity contribution is 5.83. The first kappa shape index (κ1) is 38.6. The molecule has 2 saturated carbocycles. The van der Waals surface area contributed by atoms with Crippen molar-refractivity contribution in [3.63, 3.8) is 0 Å². The van der Waals surface area contributed by atoms with Crippen LogP contribution in [-0.2, 0) is 0 Å². The molecule has 0 N–H and O–H groups in total. The maximum absolute atomic E-state index is 14.9. The van der Waals surface area contributed by atoms with Crippen molar-refractivity contribution < 1.29 is 0 Å². The summed E-state index contributed by atoms with van der Waals surface area (Å²) in [6.07, 6.45) is 11.5. The number of para-hydroxylation sites is 2. The van der Waals surface area contributed by atoms with Crippen molar-refractivity contribution in [1.29, 1.82) is 0 Å². The molecule has 58 heavy (non-hydrogen) atoms. The maximum atomic E-state index is 14.9. The summed E-state index contributed by atoms with van der Waals surface area (Å²) in [5.41, 5.74) is 1.40. The van der Waals surface area contributed by atoms with Crippen molar-refractivity contribution in [3.05, 3.63) is 178 Å². The molecule has 0 unspecified atom stereocenters. The van der Waals surface area contributed by atoms with Crippen molar-refractivity contribution in [2.45, 2.75) is 90.1 Å². The van der Waals surface area contributed by atoms with Crippen molar-refractivity contribution in [1.82, 2.24) is 9.13 Å². The Balaban J connectivity index is 1.50. The Morgan fingerprint density at radius 3 is 1.00 bits per heavy atom. The zero-order valence-electron chi connectivity index (χ0n) is 33.6. The maximum Gasteiger partial charge on any atom is 0.258 e. The SMILES string of the molecule is C[C@H](C1CCCCC1)n1c(=O)c2ccc(cc2)c(=O)n([C@H](C)C2CCCCC2)c2ccccc2c#cc2ccccc2c#cc2ccccc2c#cc2ccccc21. The van der Waals surface area contributed by atoms with E-state index in [9.17, 15) is 9.59 Å². The fraction of sp³-hybridized carbons (Fsp3) is 0.296. The Hall–Kier alpha value is -6.28. The minimum absolute atomic E-state index is 0.0507. The number of hydrogen-bond donors (Lipinski definition) is 0. The zero-order chi connectivity index (χ0) is 39.8. The van der Waals surface area contributed by atoms with E-state index in [-0.39, 0.29) is 23.2 Å². The average Bonchev–Trinajstić information content (AvgIpc) is 3.28. The number of hydrogen-bond acceptors (Lipinski definition) is 2. The normalized spacial score (nSPS) is 15.6. The van der Waals surface area contributed by atoms with Crippen LogP contribution in [0.2, 0.25) is 0 Å². The van der Waals surface area contributed by atoms with E-state index >= 15 is 0 Å². The van der Waals surface area contributed by atoms with Gasteiger partial charge >= 0.3 is 0 Å². The van der Waals surface area contributed by atoms with E-state index in [4.69, 9.17) is 0 Å². The summed E-state index contributed by atoms with van der Waals surface area (Å²) < 4.78 is 3.94. The van der Waals surface area contributed by atoms with Crippen LogP contribution in [0, 0.1) is 48.2 Å². The van der Waals surface area contributed by atoms with Crippen LogP contribution in [0.15, 0.2) is 131 Å². The van der Waals surface area contributed by atoms with Crippen LogP contribution >= 0.6 is 0 Å². The highest BCUT2D eigenvalue weighted by Crippen LogP contribution is 2.34. The molecule has 0 spiro atoms. The van der Waals surface area contributed by atoms with Crippen LogP contribution in [-0.4, -0.2) is 9.13 Å². The van der Waals surface area contributed by atoms with Crippen molar-refractivity contribution >= 4 is 54.1 Å². The predicted molar refractivity (Wildman–Crippen MR) is 240 cm³/mol. The highest BCUT2D eigenvalue weighted by atomic mass is 16.1. The molecule has 0 amide bonds. The van der Waals surface area contributed by atoms with E-state index < -0.39 is 0 Å². The second-order valence-corrected chi connectivity index (χ2v) is 16.1. The smallest absolute Gasteiger partial charge is 0.258 e. The van der Waals surface area contributed by atoms with E-state index in [0.717, 1.165) is 69.0 Å². The van der Waals surface area contributed by atoms with Crippen LogP contribution in [0.3, 0.4) is 0 Å². The molecule has 0 radical (unpaired) electrons. The average molecular weight is 759 g/mol. The van der Waals surface area contributed by atoms with Gasteiger partial charge in [0.2, 0.25) is 0 Å². The van der Waals surface area contributed by atoms with Crippen molar-refractivity contribution in [2.24, 2.45) is 11.8 Å². The van der Waals surface area contributed by atoms with Gasteiger partial charge < -0.3 is 9.13 Å². The lowest BCUT2D eigenvalue weighted by molar-refractivity contribution is 0.265. The van der Waals surface area contributed by atoms with Gasteiger partial charge in [-0.2, -0.15) is 0 Å². The van der Waals surface area contributed by atoms with Crippen LogP contribution in [0.1, 0.15) is 90.1 Å². The summed E-state index contributed by atoms with van der Waals surface area (Å²) in [6, 6.07) is 59.6. The molecule has 7 aromatic rings. The third kappa shape index (κ3) is 8.37. The number of benzene rings is 5. The Labute approximate surface area is 342 Å². The first-order valence-corrected chi connectivity index (χ1v) is 21.2. The van der Waals surface area contributed by atoms with Gasteiger partial charge in [-0.15, -0.1) is 0 Å². The van der Waals surface area contributed by atoms with Crippen molar-refractivity contribution in [2.75, 3.05) is 0 Å². The number of nitrogens with zero attached hydrogens (tertiary/aromatic N) is 2. The molecule has 2 heterocycles. The quantitative estimate of drug-likeness (QED) is 0.180. The fourth-order valence-corrected chi connectivity index (χ4v) is 9.10. The largest absolute Gasteiger partial charge is 0.304 e. The van der Waals surface area contributed by atoms with E-state index in [1.54, 1.807) is 0 Å². The Morgan fingerprint density at radius 2 is 0.672 bits per heavy atom. The molecule has 0 saturated heterocycles. The van der Waals surface area contributed by atoms with Crippen LogP contribution < -0.4 is 11.1 Å². The Morgan fingerprint density at radius 1 is 0.397 bits per heavy atom. The molecule has 4 heteroatoms. The lowest BCUT2D eigenvalue weighted by Crippen LogP contribution is -2.29. The van der Waals surface area contributed by atoms with Gasteiger partial charge in [-0.3, -0.25) is 9.59 Å². The number of fused-ring (bicyclic) bond motifs is 4. The third-order valence-corrected chi connectivity index (χ3v) is 12.5. The molecule has 0 aliphatic heterocycles. The molecule has 2 aliphatic rings. The fourth-order valence-electron chi connectivity index (χ4n) is 9.10. The molecule has 2 aliphatic carbocycles. The van der Waals surface area contributed by atoms with Crippen molar-refractivity contribution in [3.8, 4) is 0 Å². The summed E-state index contributed by atoms with van der Waals surface area (Å²) in [4.78, 5) is 29.8. The monoisotopic (exact) mass is 758 g/mol. The first-order chi connectivity index (χ1) is 28.5. The summed E-state index contributed by atoms with van der Waals surface area (Å²) >= 11 is 0. The lowest BCUT2D eigenvalue weighted by Gasteiger charge is -2.29. The van der Waals surface area contributed by atoms with Gasteiger partial charge in [-0.25, -0.2) is 0 Å². The minimum atomic E-state index is -0.0913. The van der Waals surface area contributed by atoms with Gasteiger partial charge in [0.1, 0.15) is 0 Å². The summed E-state index contributed by atoms with van der Waals surface area (Å²) in [5.74, 6) is 0.741. The van der Waals surface area contributed by atoms with E-state index in [0.29, 0.717) is 22.6 Å². The molecular formula is C54H50N2O2. The minimum Gasteiger partial charge on any atom is -0.304 e. The molecule has 288 valence electrons. The molecule has 4 nitrogen and oxygen atoms in total. The van der Waals surface area contributed by atoms with Gasteiger partial charge in [0, 0.05) is 55.2 Å². The molecule has 2 aromatic heterocycles. The lowest BCUT2D eigenvalue weighted by atomic mass is 9.84. The third-order valence-electron chi connectivity index (χ3n) is 12.5. The van der Waals surface area contributed by atoms with E-state index in [1.165, 1.54) is 38.5 Å². The second-order valence-electron chi connectivity index (χ2n) is 16.1. The molecular weight excluding hydrogens is 709 g/mol. The highest BCUT2D eigenvalue weighted by Gasteiger charge is 2.24. The van der Waals surface area contributed by atoms with Gasteiger partial charge in [0.05, 0.1) is 11.0 Å². The molecule has 9 rings (SSSR count). The number of aromatic nitrogens is 2. The summed E-state index contributed by atoms with van der Waals surface area (Å²) in [7, 11) is 0. The van der Waals surface area contributed by atoms with Crippen LogP contribution in [0.4, 0.5) is 0 Å². The summed E-state index contributed by atoms with van der Waals surface area (Å²) in [5, 5.41) is 5.91. The van der Waals surface area contributed by atoms with Crippen LogP contribution in [0.25, 0.3) is 54.1 Å². The first-order valence-electron chi connectivity index (χ1n) is 21.2. The number of rotatable bonds is 4. The second kappa shape index (κ2) is 17.9. The topological polar surface area (TPSA) is 44.0 Å². The summed E-state index contributed by atoms with van der Waals surface area (Å²) in [6.45, 7) is 4.38. The Kier molecular flexibility index (Phi) is 11.9.